The van der Waals surface area contributed by atoms with Crippen LogP contribution in [0, 0.1) is 6.92 Å². The second kappa shape index (κ2) is 6.34. The number of Topliss-reactive ketones (excluding diaryl/α,β-unsaturated/α-hetero) is 1. The van der Waals surface area contributed by atoms with E-state index in [4.69, 9.17) is 10.1 Å². The van der Waals surface area contributed by atoms with Gasteiger partial charge >= 0.3 is 0 Å². The highest BCUT2D eigenvalue weighted by atomic mass is 16.3. The number of allylic oxidation sites excluding steroid dienone is 2. The number of ketones is 1. The van der Waals surface area contributed by atoms with Crippen LogP contribution in [0.3, 0.4) is 0 Å². The second-order valence-corrected chi connectivity index (χ2v) is 7.36. The van der Waals surface area contributed by atoms with Crippen LogP contribution < -0.4 is 5.32 Å². The van der Waals surface area contributed by atoms with E-state index in [0.29, 0.717) is 18.2 Å². The molecular formula is C22H20N4O2. The van der Waals surface area contributed by atoms with E-state index in [1.54, 1.807) is 16.8 Å². The van der Waals surface area contributed by atoms with Crippen molar-refractivity contribution in [1.29, 1.82) is 0 Å². The molecule has 2 aromatic carbocycles. The third-order valence-electron chi connectivity index (χ3n) is 5.35. The molecule has 1 aliphatic heterocycles. The minimum absolute atomic E-state index is 0.144. The van der Waals surface area contributed by atoms with Crippen LogP contribution >= 0.6 is 0 Å². The Kier molecular flexibility index (Phi) is 3.79. The van der Waals surface area contributed by atoms with Crippen LogP contribution in [0.1, 0.15) is 36.4 Å². The lowest BCUT2D eigenvalue weighted by atomic mass is 9.85. The summed E-state index contributed by atoms with van der Waals surface area (Å²) in [5.74, 6) is 1.61. The zero-order chi connectivity index (χ0) is 19.3. The number of aromatic nitrogens is 3. The van der Waals surface area contributed by atoms with Crippen molar-refractivity contribution < 1.29 is 9.90 Å². The van der Waals surface area contributed by atoms with Gasteiger partial charge in [-0.2, -0.15) is 4.98 Å². The molecule has 2 aliphatic rings. The van der Waals surface area contributed by atoms with Crippen LogP contribution in [-0.2, 0) is 4.79 Å². The third kappa shape index (κ3) is 2.69. The van der Waals surface area contributed by atoms with Crippen molar-refractivity contribution in [3.8, 4) is 17.1 Å². The maximum absolute atomic E-state index is 12.8. The molecule has 140 valence electrons. The normalized spacial score (nSPS) is 18.5. The summed E-state index contributed by atoms with van der Waals surface area (Å²) < 4.78 is 1.80. The van der Waals surface area contributed by atoms with Crippen molar-refractivity contribution in [2.45, 2.75) is 32.2 Å². The van der Waals surface area contributed by atoms with E-state index in [2.05, 4.69) is 11.4 Å². The van der Waals surface area contributed by atoms with E-state index in [9.17, 15) is 9.90 Å². The minimum atomic E-state index is -0.342. The molecule has 6 heteroatoms. The predicted octanol–water partition coefficient (Wildman–Crippen LogP) is 3.98. The largest absolute Gasteiger partial charge is 0.508 e. The van der Waals surface area contributed by atoms with E-state index < -0.39 is 0 Å². The zero-order valence-electron chi connectivity index (χ0n) is 15.5. The van der Waals surface area contributed by atoms with Gasteiger partial charge in [-0.1, -0.05) is 35.9 Å². The molecule has 1 unspecified atom stereocenters. The number of phenolic OH excluding ortho intramolecular Hbond substituents is 1. The summed E-state index contributed by atoms with van der Waals surface area (Å²) in [7, 11) is 0. The number of aryl methyl sites for hydroxylation is 1. The maximum Gasteiger partial charge on any atom is 0.226 e. The first-order valence-electron chi connectivity index (χ1n) is 9.46. The molecule has 2 heterocycles. The molecule has 0 saturated carbocycles. The van der Waals surface area contributed by atoms with Gasteiger partial charge in [-0.15, -0.1) is 5.10 Å². The second-order valence-electron chi connectivity index (χ2n) is 7.36. The lowest BCUT2D eigenvalue weighted by Crippen LogP contribution is -2.31. The third-order valence-corrected chi connectivity index (χ3v) is 5.35. The molecule has 1 aromatic heterocycles. The van der Waals surface area contributed by atoms with E-state index in [-0.39, 0.29) is 17.6 Å². The Hall–Kier alpha value is -3.41. The van der Waals surface area contributed by atoms with Crippen LogP contribution in [0.2, 0.25) is 0 Å². The Morgan fingerprint density at radius 3 is 2.75 bits per heavy atom. The number of phenols is 1. The number of fused-ring (bicyclic) bond motifs is 1. The molecule has 1 atom stereocenters. The predicted molar refractivity (Wildman–Crippen MR) is 106 cm³/mol. The Morgan fingerprint density at radius 2 is 1.96 bits per heavy atom. The molecule has 1 aliphatic carbocycles. The Balaban J connectivity index is 1.68. The molecule has 0 radical (unpaired) electrons. The van der Waals surface area contributed by atoms with Crippen molar-refractivity contribution >= 4 is 11.7 Å². The number of rotatable bonds is 2. The van der Waals surface area contributed by atoms with E-state index in [1.807, 2.05) is 37.3 Å². The molecule has 3 aromatic rings. The summed E-state index contributed by atoms with van der Waals surface area (Å²) >= 11 is 0. The molecule has 0 spiro atoms. The number of anilines is 1. The molecule has 0 fully saturated rings. The van der Waals surface area contributed by atoms with Crippen molar-refractivity contribution in [2.75, 3.05) is 5.32 Å². The first-order chi connectivity index (χ1) is 13.6. The molecule has 0 amide bonds. The van der Waals surface area contributed by atoms with Gasteiger partial charge in [0.25, 0.3) is 0 Å². The SMILES string of the molecule is Cc1cccc(-c2nc3n(n2)C(c2ccc(O)cc2)C2=C(CCCC2=O)N3)c1. The van der Waals surface area contributed by atoms with Gasteiger partial charge in [-0.05, 0) is 43.5 Å². The van der Waals surface area contributed by atoms with Gasteiger partial charge in [0.2, 0.25) is 5.95 Å². The quantitative estimate of drug-likeness (QED) is 0.711. The first-order valence-corrected chi connectivity index (χ1v) is 9.46. The number of hydrogen-bond acceptors (Lipinski definition) is 5. The van der Waals surface area contributed by atoms with Gasteiger partial charge < -0.3 is 10.4 Å². The number of hydrogen-bond donors (Lipinski definition) is 2. The summed E-state index contributed by atoms with van der Waals surface area (Å²) in [6, 6.07) is 14.7. The molecule has 5 rings (SSSR count). The van der Waals surface area contributed by atoms with Gasteiger partial charge in [-0.3, -0.25) is 4.79 Å². The Labute approximate surface area is 162 Å². The lowest BCUT2D eigenvalue weighted by molar-refractivity contribution is -0.116. The molecule has 28 heavy (non-hydrogen) atoms. The highest BCUT2D eigenvalue weighted by Crippen LogP contribution is 2.40. The van der Waals surface area contributed by atoms with Crippen molar-refractivity contribution in [1.82, 2.24) is 14.8 Å². The first kappa shape index (κ1) is 16.7. The highest BCUT2D eigenvalue weighted by Gasteiger charge is 2.36. The van der Waals surface area contributed by atoms with Gasteiger partial charge in [-0.25, -0.2) is 4.68 Å². The monoisotopic (exact) mass is 372 g/mol. The fourth-order valence-electron chi connectivity index (χ4n) is 4.03. The highest BCUT2D eigenvalue weighted by molar-refractivity contribution is 5.99. The molecule has 0 saturated heterocycles. The fraction of sp³-hybridized carbons (Fsp3) is 0.227. The van der Waals surface area contributed by atoms with Gasteiger partial charge in [0, 0.05) is 23.3 Å². The van der Waals surface area contributed by atoms with Crippen LogP contribution in [0.5, 0.6) is 5.75 Å². The van der Waals surface area contributed by atoms with Crippen LogP contribution in [0.4, 0.5) is 5.95 Å². The lowest BCUT2D eigenvalue weighted by Gasteiger charge is -2.32. The summed E-state index contributed by atoms with van der Waals surface area (Å²) in [5.41, 5.74) is 4.68. The van der Waals surface area contributed by atoms with Crippen molar-refractivity contribution in [3.05, 3.63) is 70.9 Å². The van der Waals surface area contributed by atoms with E-state index >= 15 is 0 Å². The minimum Gasteiger partial charge on any atom is -0.508 e. The standard InChI is InChI=1S/C22H20N4O2/c1-13-4-2-5-15(12-13)21-24-22-23-17-6-3-7-18(28)19(17)20(26(22)25-21)14-8-10-16(27)11-9-14/h2,4-5,8-12,20,27H,3,6-7H2,1H3,(H,23,24,25). The van der Waals surface area contributed by atoms with E-state index in [1.165, 1.54) is 0 Å². The van der Waals surface area contributed by atoms with Crippen molar-refractivity contribution in [3.63, 3.8) is 0 Å². The van der Waals surface area contributed by atoms with E-state index in [0.717, 1.165) is 40.8 Å². The molecule has 0 bridgehead atoms. The number of carbonyl (C=O) groups excluding carboxylic acids is 1. The molecular weight excluding hydrogens is 352 g/mol. The van der Waals surface area contributed by atoms with Crippen LogP contribution in [-0.4, -0.2) is 25.7 Å². The summed E-state index contributed by atoms with van der Waals surface area (Å²) in [6.07, 6.45) is 2.21. The smallest absolute Gasteiger partial charge is 0.226 e. The average molecular weight is 372 g/mol. The molecule has 6 nitrogen and oxygen atoms in total. The average Bonchev–Trinajstić information content (AvgIpc) is 3.11. The Bertz CT molecular complexity index is 1110. The maximum atomic E-state index is 12.8. The summed E-state index contributed by atoms with van der Waals surface area (Å²) in [5, 5.41) is 17.8. The van der Waals surface area contributed by atoms with Gasteiger partial charge in [0.1, 0.15) is 11.8 Å². The van der Waals surface area contributed by atoms with Crippen LogP contribution in [0.25, 0.3) is 11.4 Å². The number of nitrogens with zero attached hydrogens (tertiary/aromatic N) is 3. The number of nitrogens with one attached hydrogen (secondary N) is 1. The van der Waals surface area contributed by atoms with Crippen LogP contribution in [0.15, 0.2) is 59.8 Å². The summed E-state index contributed by atoms with van der Waals surface area (Å²) in [6.45, 7) is 2.04. The number of aromatic hydroxyl groups is 1. The number of benzene rings is 2. The number of carbonyl (C=O) groups is 1. The molecule has 2 N–H and O–H groups in total. The zero-order valence-corrected chi connectivity index (χ0v) is 15.5. The topological polar surface area (TPSA) is 80.0 Å². The van der Waals surface area contributed by atoms with Crippen molar-refractivity contribution in [2.24, 2.45) is 0 Å². The fourth-order valence-corrected chi connectivity index (χ4v) is 4.03. The van der Waals surface area contributed by atoms with Gasteiger partial charge in [0.05, 0.1) is 0 Å². The summed E-state index contributed by atoms with van der Waals surface area (Å²) in [4.78, 5) is 17.5. The van der Waals surface area contributed by atoms with Gasteiger partial charge in [0.15, 0.2) is 11.6 Å². The Morgan fingerprint density at radius 1 is 1.14 bits per heavy atom.